The van der Waals surface area contributed by atoms with Gasteiger partial charge in [0.2, 0.25) is 5.91 Å². The van der Waals surface area contributed by atoms with E-state index in [1.807, 2.05) is 35.5 Å². The van der Waals surface area contributed by atoms with Gasteiger partial charge in [0.15, 0.2) is 5.78 Å². The number of ether oxygens (including phenoxy) is 1. The Labute approximate surface area is 183 Å². The molecule has 3 heterocycles. The van der Waals surface area contributed by atoms with Crippen LogP contribution in [0.5, 0.6) is 5.75 Å². The van der Waals surface area contributed by atoms with Crippen molar-refractivity contribution in [2.24, 2.45) is 5.92 Å². The minimum absolute atomic E-state index is 0.0838. The predicted octanol–water partition coefficient (Wildman–Crippen LogP) is 4.27. The number of likely N-dealkylation sites (N-methyl/N-ethyl adjacent to an activating group) is 1. The van der Waals surface area contributed by atoms with E-state index in [-0.39, 0.29) is 23.4 Å². The number of likely N-dealkylation sites (tertiary alicyclic amines) is 1. The van der Waals surface area contributed by atoms with Gasteiger partial charge in [-0.15, -0.1) is 11.3 Å². The summed E-state index contributed by atoms with van der Waals surface area (Å²) in [5.74, 6) is -0.967. The van der Waals surface area contributed by atoms with Gasteiger partial charge in [-0.25, -0.2) is 4.39 Å². The number of rotatable bonds is 4. The number of amides is 1. The fourth-order valence-electron chi connectivity index (χ4n) is 5.13. The molecule has 1 saturated heterocycles. The van der Waals surface area contributed by atoms with E-state index in [0.29, 0.717) is 22.9 Å². The number of thiophene rings is 1. The fraction of sp³-hybridized carbons (Fsp3) is 0.250. The highest BCUT2D eigenvalue weighted by Gasteiger charge is 2.64. The van der Waals surface area contributed by atoms with Crippen molar-refractivity contribution < 1.29 is 18.7 Å². The SMILES string of the molecule is COc1ccc2c(c1)[C@@]1(C(=O)N2)[C@H](C(=O)c2cccs2)[C@@H](c2ccc(F)cc2)CN1C. The van der Waals surface area contributed by atoms with Crippen LogP contribution in [0.1, 0.15) is 26.7 Å². The van der Waals surface area contributed by atoms with Gasteiger partial charge < -0.3 is 10.1 Å². The van der Waals surface area contributed by atoms with Crippen molar-refractivity contribution >= 4 is 28.7 Å². The number of Topliss-reactive ketones (excluding diaryl/α,β-unsaturated/α-hetero) is 1. The van der Waals surface area contributed by atoms with Crippen LogP contribution in [0.15, 0.2) is 60.0 Å². The van der Waals surface area contributed by atoms with E-state index >= 15 is 0 Å². The molecule has 3 atom stereocenters. The summed E-state index contributed by atoms with van der Waals surface area (Å²) >= 11 is 1.37. The molecular weight excluding hydrogens is 415 g/mol. The van der Waals surface area contributed by atoms with E-state index in [4.69, 9.17) is 4.74 Å². The normalized spacial score (nSPS) is 24.9. The van der Waals surface area contributed by atoms with Crippen molar-refractivity contribution in [1.82, 2.24) is 4.90 Å². The molecule has 2 aromatic carbocycles. The second-order valence-electron chi connectivity index (χ2n) is 7.99. The van der Waals surface area contributed by atoms with Crippen LogP contribution in [0.25, 0.3) is 0 Å². The van der Waals surface area contributed by atoms with Crippen molar-refractivity contribution in [2.75, 3.05) is 26.0 Å². The highest BCUT2D eigenvalue weighted by atomic mass is 32.1. The Morgan fingerprint density at radius 3 is 2.68 bits per heavy atom. The van der Waals surface area contributed by atoms with Gasteiger partial charge in [-0.2, -0.15) is 0 Å². The largest absolute Gasteiger partial charge is 0.497 e. The molecule has 5 rings (SSSR count). The van der Waals surface area contributed by atoms with Gasteiger partial charge in [0.05, 0.1) is 17.9 Å². The molecule has 0 unspecified atom stereocenters. The number of nitrogens with zero attached hydrogens (tertiary/aromatic N) is 1. The number of ketones is 1. The molecular formula is C24H21FN2O3S. The lowest BCUT2D eigenvalue weighted by Gasteiger charge is -2.35. The van der Waals surface area contributed by atoms with E-state index < -0.39 is 11.5 Å². The number of carbonyl (C=O) groups excluding carboxylic acids is 2. The fourth-order valence-corrected chi connectivity index (χ4v) is 5.83. The molecule has 3 aromatic rings. The Hall–Kier alpha value is -3.03. The third-order valence-corrected chi connectivity index (χ3v) is 7.39. The molecule has 0 aliphatic carbocycles. The quantitative estimate of drug-likeness (QED) is 0.621. The number of anilines is 1. The summed E-state index contributed by atoms with van der Waals surface area (Å²) in [6, 6.07) is 15.3. The highest BCUT2D eigenvalue weighted by molar-refractivity contribution is 7.12. The Kier molecular flexibility index (Phi) is 4.68. The first kappa shape index (κ1) is 19.9. The van der Waals surface area contributed by atoms with Crippen LogP contribution in [0.3, 0.4) is 0 Å². The van der Waals surface area contributed by atoms with Gasteiger partial charge in [-0.3, -0.25) is 14.5 Å². The average Bonchev–Trinajstić information content (AvgIpc) is 3.47. The Morgan fingerprint density at radius 2 is 2.00 bits per heavy atom. The molecule has 1 spiro atoms. The molecule has 1 fully saturated rings. The average molecular weight is 437 g/mol. The molecule has 0 bridgehead atoms. The summed E-state index contributed by atoms with van der Waals surface area (Å²) in [5, 5.41) is 4.84. The molecule has 1 aromatic heterocycles. The molecule has 7 heteroatoms. The smallest absolute Gasteiger partial charge is 0.250 e. The maximum absolute atomic E-state index is 13.9. The van der Waals surface area contributed by atoms with Crippen molar-refractivity contribution in [1.29, 1.82) is 0 Å². The second kappa shape index (κ2) is 7.28. The first-order valence-electron chi connectivity index (χ1n) is 10.0. The number of hydrogen-bond donors (Lipinski definition) is 1. The predicted molar refractivity (Wildman–Crippen MR) is 117 cm³/mol. The van der Waals surface area contributed by atoms with E-state index in [1.165, 1.54) is 23.5 Å². The van der Waals surface area contributed by atoms with E-state index in [2.05, 4.69) is 5.32 Å². The van der Waals surface area contributed by atoms with Gasteiger partial charge >= 0.3 is 0 Å². The summed E-state index contributed by atoms with van der Waals surface area (Å²) in [6.07, 6.45) is 0. The highest BCUT2D eigenvalue weighted by Crippen LogP contribution is 2.56. The zero-order valence-corrected chi connectivity index (χ0v) is 17.9. The molecule has 0 radical (unpaired) electrons. The van der Waals surface area contributed by atoms with Crippen molar-refractivity contribution in [2.45, 2.75) is 11.5 Å². The maximum atomic E-state index is 13.9. The topological polar surface area (TPSA) is 58.6 Å². The van der Waals surface area contributed by atoms with Crippen LogP contribution in [0.2, 0.25) is 0 Å². The lowest BCUT2D eigenvalue weighted by Crippen LogP contribution is -2.51. The monoisotopic (exact) mass is 436 g/mol. The molecule has 2 aliphatic rings. The molecule has 1 amide bonds. The third kappa shape index (κ3) is 2.84. The van der Waals surface area contributed by atoms with Crippen LogP contribution >= 0.6 is 11.3 Å². The maximum Gasteiger partial charge on any atom is 0.250 e. The van der Waals surface area contributed by atoms with Crippen molar-refractivity contribution in [3.05, 3.63) is 81.8 Å². The van der Waals surface area contributed by atoms with E-state index in [1.54, 1.807) is 31.4 Å². The van der Waals surface area contributed by atoms with Gasteiger partial charge in [0, 0.05) is 23.7 Å². The summed E-state index contributed by atoms with van der Waals surface area (Å²) in [4.78, 5) is 30.0. The third-order valence-electron chi connectivity index (χ3n) is 6.50. The number of halogens is 1. The first-order valence-corrected chi connectivity index (χ1v) is 10.9. The van der Waals surface area contributed by atoms with Gasteiger partial charge in [0.25, 0.3) is 0 Å². The molecule has 0 saturated carbocycles. The number of fused-ring (bicyclic) bond motifs is 2. The van der Waals surface area contributed by atoms with Crippen molar-refractivity contribution in [3.8, 4) is 5.75 Å². The molecule has 31 heavy (non-hydrogen) atoms. The second-order valence-corrected chi connectivity index (χ2v) is 8.94. The Morgan fingerprint density at radius 1 is 1.23 bits per heavy atom. The number of carbonyl (C=O) groups is 2. The van der Waals surface area contributed by atoms with Crippen molar-refractivity contribution in [3.63, 3.8) is 0 Å². The van der Waals surface area contributed by atoms with Crippen LogP contribution in [0, 0.1) is 11.7 Å². The molecule has 2 aliphatic heterocycles. The number of nitrogens with one attached hydrogen (secondary N) is 1. The first-order chi connectivity index (χ1) is 15.0. The lowest BCUT2D eigenvalue weighted by atomic mass is 9.71. The summed E-state index contributed by atoms with van der Waals surface area (Å²) in [6.45, 7) is 0.484. The summed E-state index contributed by atoms with van der Waals surface area (Å²) in [7, 11) is 3.44. The number of hydrogen-bond acceptors (Lipinski definition) is 5. The van der Waals surface area contributed by atoms with Crippen LogP contribution in [-0.2, 0) is 10.3 Å². The zero-order valence-electron chi connectivity index (χ0n) is 17.1. The van der Waals surface area contributed by atoms with Gasteiger partial charge in [-0.05, 0) is 54.4 Å². The summed E-state index contributed by atoms with van der Waals surface area (Å²) in [5.41, 5.74) is 1.08. The molecule has 158 valence electrons. The Bertz CT molecular complexity index is 1160. The Balaban J connectivity index is 1.73. The van der Waals surface area contributed by atoms with Crippen LogP contribution in [0.4, 0.5) is 10.1 Å². The standard InChI is InChI=1S/C24H21FN2O3S/c1-27-13-17(14-5-7-15(25)8-6-14)21(22(28)20-4-3-11-31-20)24(27)18-12-16(30-2)9-10-19(18)26-23(24)29/h3-12,17,21H,13H2,1-2H3,(H,26,29)/t17-,21+,24+/m1/s1. The van der Waals surface area contributed by atoms with Crippen LogP contribution < -0.4 is 10.1 Å². The molecule has 5 nitrogen and oxygen atoms in total. The minimum atomic E-state index is -1.18. The van der Waals surface area contributed by atoms with E-state index in [9.17, 15) is 14.0 Å². The zero-order chi connectivity index (χ0) is 21.8. The summed E-state index contributed by atoms with van der Waals surface area (Å²) < 4.78 is 19.0. The molecule has 1 N–H and O–H groups in total. The van der Waals surface area contributed by atoms with E-state index in [0.717, 1.165) is 11.1 Å². The van der Waals surface area contributed by atoms with Crippen LogP contribution in [-0.4, -0.2) is 37.3 Å². The van der Waals surface area contributed by atoms with Gasteiger partial charge in [0.1, 0.15) is 17.1 Å². The number of methoxy groups -OCH3 is 1. The number of benzene rings is 2. The van der Waals surface area contributed by atoms with Gasteiger partial charge in [-0.1, -0.05) is 18.2 Å². The lowest BCUT2D eigenvalue weighted by molar-refractivity contribution is -0.126. The minimum Gasteiger partial charge on any atom is -0.497 e.